The van der Waals surface area contributed by atoms with Crippen LogP contribution in [0.5, 0.6) is 0 Å². The van der Waals surface area contributed by atoms with E-state index in [1.54, 1.807) is 7.05 Å². The molecule has 2 unspecified atom stereocenters. The maximum atomic E-state index is 11.3. The molecule has 2 atom stereocenters. The van der Waals surface area contributed by atoms with Crippen LogP contribution in [0.4, 0.5) is 5.69 Å². The van der Waals surface area contributed by atoms with E-state index in [2.05, 4.69) is 0 Å². The summed E-state index contributed by atoms with van der Waals surface area (Å²) in [6, 6.07) is 16.2. The number of hydrogen-bond donors (Lipinski definition) is 2. The largest absolute Gasteiger partial charge is 0.479 e. The number of aryl methyl sites for hydroxylation is 1. The third-order valence-electron chi connectivity index (χ3n) is 3.61. The SMILES string of the molecule is Cc1ccccc1N(C)C(c1ccccc1)C(O)C(=O)O. The lowest BCUT2D eigenvalue weighted by Crippen LogP contribution is -2.38. The van der Waals surface area contributed by atoms with Gasteiger partial charge >= 0.3 is 5.97 Å². The fourth-order valence-electron chi connectivity index (χ4n) is 2.51. The maximum absolute atomic E-state index is 11.3. The number of aliphatic carboxylic acids is 1. The molecule has 2 rings (SSSR count). The predicted molar refractivity (Wildman–Crippen MR) is 82.4 cm³/mol. The molecule has 2 aromatic carbocycles. The van der Waals surface area contributed by atoms with Crippen LogP contribution in [-0.2, 0) is 4.79 Å². The quantitative estimate of drug-likeness (QED) is 0.886. The lowest BCUT2D eigenvalue weighted by Gasteiger charge is -2.33. The van der Waals surface area contributed by atoms with Gasteiger partial charge in [0.15, 0.2) is 6.10 Å². The molecule has 0 aliphatic heterocycles. The minimum atomic E-state index is -1.50. The van der Waals surface area contributed by atoms with Crippen LogP contribution in [0.2, 0.25) is 0 Å². The summed E-state index contributed by atoms with van der Waals surface area (Å²) in [6.07, 6.45) is -1.50. The Balaban J connectivity index is 2.45. The Kier molecular flexibility index (Phi) is 4.60. The van der Waals surface area contributed by atoms with Gasteiger partial charge in [-0.15, -0.1) is 0 Å². The average molecular weight is 285 g/mol. The number of aliphatic hydroxyl groups is 1. The first-order valence-corrected chi connectivity index (χ1v) is 6.76. The van der Waals surface area contributed by atoms with Crippen molar-refractivity contribution < 1.29 is 15.0 Å². The van der Waals surface area contributed by atoms with Crippen molar-refractivity contribution in [2.75, 3.05) is 11.9 Å². The van der Waals surface area contributed by atoms with Crippen molar-refractivity contribution in [3.8, 4) is 0 Å². The smallest absolute Gasteiger partial charge is 0.335 e. The molecule has 2 N–H and O–H groups in total. The van der Waals surface area contributed by atoms with E-state index in [9.17, 15) is 15.0 Å². The number of benzene rings is 2. The van der Waals surface area contributed by atoms with Crippen LogP contribution in [0.3, 0.4) is 0 Å². The Morgan fingerprint density at radius 2 is 1.62 bits per heavy atom. The lowest BCUT2D eigenvalue weighted by atomic mass is 9.98. The van der Waals surface area contributed by atoms with E-state index >= 15 is 0 Å². The third kappa shape index (κ3) is 3.23. The van der Waals surface area contributed by atoms with E-state index in [0.29, 0.717) is 0 Å². The summed E-state index contributed by atoms with van der Waals surface area (Å²) in [5.41, 5.74) is 2.68. The van der Waals surface area contributed by atoms with Gasteiger partial charge < -0.3 is 15.1 Å². The van der Waals surface area contributed by atoms with Crippen molar-refractivity contribution in [2.45, 2.75) is 19.1 Å². The molecule has 0 aromatic heterocycles. The minimum Gasteiger partial charge on any atom is -0.479 e. The van der Waals surface area contributed by atoms with Crippen LogP contribution in [-0.4, -0.2) is 29.3 Å². The van der Waals surface area contributed by atoms with Gasteiger partial charge in [-0.1, -0.05) is 48.5 Å². The first kappa shape index (κ1) is 15.1. The van der Waals surface area contributed by atoms with Gasteiger partial charge in [0.2, 0.25) is 0 Å². The van der Waals surface area contributed by atoms with E-state index in [1.165, 1.54) is 0 Å². The number of rotatable bonds is 5. The van der Waals surface area contributed by atoms with Crippen molar-refractivity contribution in [3.05, 3.63) is 65.7 Å². The molecule has 0 saturated carbocycles. The standard InChI is InChI=1S/C17H19NO3/c1-12-8-6-7-11-14(12)18(2)15(16(19)17(20)21)13-9-4-3-5-10-13/h3-11,15-16,19H,1-2H3,(H,20,21). The zero-order valence-electron chi connectivity index (χ0n) is 12.1. The van der Waals surface area contributed by atoms with Crippen LogP contribution in [0, 0.1) is 6.92 Å². The summed E-state index contributed by atoms with van der Waals surface area (Å²) in [4.78, 5) is 13.1. The van der Waals surface area contributed by atoms with Crippen LogP contribution < -0.4 is 4.90 Å². The molecule has 0 heterocycles. The number of hydrogen-bond acceptors (Lipinski definition) is 3. The highest BCUT2D eigenvalue weighted by Crippen LogP contribution is 2.30. The molecule has 0 fully saturated rings. The van der Waals surface area contributed by atoms with Gasteiger partial charge in [0.05, 0.1) is 6.04 Å². The van der Waals surface area contributed by atoms with Gasteiger partial charge in [-0.25, -0.2) is 4.79 Å². The van der Waals surface area contributed by atoms with E-state index in [-0.39, 0.29) is 0 Å². The Morgan fingerprint density at radius 3 is 2.19 bits per heavy atom. The van der Waals surface area contributed by atoms with Crippen molar-refractivity contribution >= 4 is 11.7 Å². The Morgan fingerprint density at radius 1 is 1.05 bits per heavy atom. The number of likely N-dealkylation sites (N-methyl/N-ethyl adjacent to an activating group) is 1. The van der Waals surface area contributed by atoms with Gasteiger partial charge in [-0.3, -0.25) is 0 Å². The maximum Gasteiger partial charge on any atom is 0.335 e. The predicted octanol–water partition coefficient (Wildman–Crippen LogP) is 2.62. The Bertz CT molecular complexity index is 612. The van der Waals surface area contributed by atoms with Gasteiger partial charge in [0.25, 0.3) is 0 Å². The van der Waals surface area contributed by atoms with Crippen molar-refractivity contribution in [1.29, 1.82) is 0 Å². The van der Waals surface area contributed by atoms with Crippen molar-refractivity contribution in [2.24, 2.45) is 0 Å². The first-order valence-electron chi connectivity index (χ1n) is 6.76. The molecule has 21 heavy (non-hydrogen) atoms. The topological polar surface area (TPSA) is 60.8 Å². The molecule has 0 aliphatic rings. The fraction of sp³-hybridized carbons (Fsp3) is 0.235. The number of nitrogens with zero attached hydrogens (tertiary/aromatic N) is 1. The molecule has 0 bridgehead atoms. The molecule has 0 amide bonds. The summed E-state index contributed by atoms with van der Waals surface area (Å²) in [5, 5.41) is 19.3. The third-order valence-corrected chi connectivity index (χ3v) is 3.61. The second-order valence-electron chi connectivity index (χ2n) is 5.04. The summed E-state index contributed by atoms with van der Waals surface area (Å²) < 4.78 is 0. The lowest BCUT2D eigenvalue weighted by molar-refractivity contribution is -0.147. The fourth-order valence-corrected chi connectivity index (χ4v) is 2.51. The van der Waals surface area contributed by atoms with Gasteiger partial charge in [-0.05, 0) is 24.1 Å². The summed E-state index contributed by atoms with van der Waals surface area (Å²) in [7, 11) is 1.80. The monoisotopic (exact) mass is 285 g/mol. The average Bonchev–Trinajstić information content (AvgIpc) is 2.48. The molecule has 2 aromatic rings. The molecular weight excluding hydrogens is 266 g/mol. The highest BCUT2D eigenvalue weighted by Gasteiger charge is 2.31. The van der Waals surface area contributed by atoms with Gasteiger partial charge in [0.1, 0.15) is 0 Å². The normalized spacial score (nSPS) is 13.5. The molecule has 0 spiro atoms. The van der Waals surface area contributed by atoms with Gasteiger partial charge in [0, 0.05) is 12.7 Å². The molecule has 0 saturated heterocycles. The molecule has 110 valence electrons. The minimum absolute atomic E-state index is 0.648. The summed E-state index contributed by atoms with van der Waals surface area (Å²) in [6.45, 7) is 1.96. The Hall–Kier alpha value is -2.33. The zero-order valence-corrected chi connectivity index (χ0v) is 12.1. The van der Waals surface area contributed by atoms with E-state index < -0.39 is 18.1 Å². The number of anilines is 1. The molecule has 0 radical (unpaired) electrons. The number of carboxylic acids is 1. The van der Waals surface area contributed by atoms with Crippen molar-refractivity contribution in [1.82, 2.24) is 0 Å². The molecular formula is C17H19NO3. The van der Waals surface area contributed by atoms with E-state index in [4.69, 9.17) is 0 Å². The first-order chi connectivity index (χ1) is 10.0. The highest BCUT2D eigenvalue weighted by molar-refractivity contribution is 5.74. The molecule has 4 nitrogen and oxygen atoms in total. The van der Waals surface area contributed by atoms with Crippen LogP contribution in [0.25, 0.3) is 0 Å². The van der Waals surface area contributed by atoms with Gasteiger partial charge in [-0.2, -0.15) is 0 Å². The van der Waals surface area contributed by atoms with E-state index in [1.807, 2.05) is 66.4 Å². The van der Waals surface area contributed by atoms with Crippen LogP contribution in [0.15, 0.2) is 54.6 Å². The second-order valence-corrected chi connectivity index (χ2v) is 5.04. The molecule has 0 aliphatic carbocycles. The van der Waals surface area contributed by atoms with Crippen LogP contribution in [0.1, 0.15) is 17.2 Å². The number of aliphatic hydroxyl groups excluding tert-OH is 1. The second kappa shape index (κ2) is 6.41. The number of para-hydroxylation sites is 1. The molecule has 4 heteroatoms. The number of carbonyl (C=O) groups is 1. The zero-order chi connectivity index (χ0) is 15.4. The van der Waals surface area contributed by atoms with E-state index in [0.717, 1.165) is 16.8 Å². The Labute approximate surface area is 124 Å². The van der Waals surface area contributed by atoms with Crippen molar-refractivity contribution in [3.63, 3.8) is 0 Å². The number of carboxylic acid groups (broad SMARTS) is 1. The highest BCUT2D eigenvalue weighted by atomic mass is 16.4. The van der Waals surface area contributed by atoms with Crippen LogP contribution >= 0.6 is 0 Å². The summed E-state index contributed by atoms with van der Waals surface area (Å²) >= 11 is 0. The summed E-state index contributed by atoms with van der Waals surface area (Å²) in [5.74, 6) is -1.23.